The normalized spacial score (nSPS) is 14.2. The number of aryl methyl sites for hydroxylation is 1. The van der Waals surface area contributed by atoms with E-state index < -0.39 is 5.91 Å². The van der Waals surface area contributed by atoms with Crippen molar-refractivity contribution in [1.29, 1.82) is 0 Å². The molecule has 1 aliphatic rings. The van der Waals surface area contributed by atoms with E-state index in [9.17, 15) is 9.59 Å². The highest BCUT2D eigenvalue weighted by atomic mass is 16.1. The lowest BCUT2D eigenvalue weighted by atomic mass is 9.96. The van der Waals surface area contributed by atoms with Gasteiger partial charge in [0.1, 0.15) is 0 Å². The van der Waals surface area contributed by atoms with Crippen LogP contribution < -0.4 is 5.73 Å². The first kappa shape index (κ1) is 12.7. The molecular formula is C16H16N2O2. The number of carbonyl (C=O) groups is 2. The number of ketones is 1. The quantitative estimate of drug-likeness (QED) is 0.909. The number of primary amides is 1. The van der Waals surface area contributed by atoms with Crippen molar-refractivity contribution in [2.24, 2.45) is 5.73 Å². The van der Waals surface area contributed by atoms with Crippen LogP contribution in [0.15, 0.2) is 30.3 Å². The van der Waals surface area contributed by atoms with Gasteiger partial charge in [-0.1, -0.05) is 6.07 Å². The predicted molar refractivity (Wildman–Crippen MR) is 76.3 cm³/mol. The number of rotatable bonds is 2. The van der Waals surface area contributed by atoms with Crippen LogP contribution in [0.1, 0.15) is 44.9 Å². The summed E-state index contributed by atoms with van der Waals surface area (Å²) in [5, 5.41) is 0. The second-order valence-corrected chi connectivity index (χ2v) is 5.17. The van der Waals surface area contributed by atoms with Gasteiger partial charge in [0.25, 0.3) is 0 Å². The van der Waals surface area contributed by atoms with Crippen LogP contribution >= 0.6 is 0 Å². The van der Waals surface area contributed by atoms with Crippen LogP contribution in [0, 0.1) is 6.92 Å². The fourth-order valence-corrected chi connectivity index (χ4v) is 2.89. The lowest BCUT2D eigenvalue weighted by Crippen LogP contribution is -2.14. The number of carbonyl (C=O) groups excluding carboxylic acids is 2. The summed E-state index contributed by atoms with van der Waals surface area (Å²) in [6.45, 7) is 1.97. The molecule has 4 heteroatoms. The van der Waals surface area contributed by atoms with E-state index in [0.29, 0.717) is 12.0 Å². The van der Waals surface area contributed by atoms with Gasteiger partial charge in [-0.15, -0.1) is 0 Å². The van der Waals surface area contributed by atoms with Crippen molar-refractivity contribution in [3.63, 3.8) is 0 Å². The molecule has 0 bridgehead atoms. The van der Waals surface area contributed by atoms with E-state index in [1.807, 2.05) is 25.1 Å². The SMILES string of the molecule is Cc1cc2c(n1-c1cccc(C(N)=O)c1)CCCC2=O. The molecule has 0 saturated heterocycles. The molecule has 1 aromatic heterocycles. The summed E-state index contributed by atoms with van der Waals surface area (Å²) < 4.78 is 2.05. The number of benzene rings is 1. The van der Waals surface area contributed by atoms with Crippen molar-refractivity contribution in [2.75, 3.05) is 0 Å². The van der Waals surface area contributed by atoms with Gasteiger partial charge in [0, 0.05) is 34.6 Å². The Morgan fingerprint density at radius 1 is 1.25 bits per heavy atom. The second kappa shape index (κ2) is 4.63. The largest absolute Gasteiger partial charge is 0.366 e. The Morgan fingerprint density at radius 3 is 2.80 bits per heavy atom. The maximum Gasteiger partial charge on any atom is 0.248 e. The van der Waals surface area contributed by atoms with Crippen molar-refractivity contribution in [3.8, 4) is 5.69 Å². The minimum atomic E-state index is -0.443. The van der Waals surface area contributed by atoms with Crippen LogP contribution in [0.3, 0.4) is 0 Å². The summed E-state index contributed by atoms with van der Waals surface area (Å²) in [7, 11) is 0. The zero-order valence-corrected chi connectivity index (χ0v) is 11.3. The topological polar surface area (TPSA) is 65.1 Å². The van der Waals surface area contributed by atoms with Gasteiger partial charge in [-0.25, -0.2) is 0 Å². The first-order valence-corrected chi connectivity index (χ1v) is 6.72. The van der Waals surface area contributed by atoms with E-state index in [1.165, 1.54) is 0 Å². The van der Waals surface area contributed by atoms with Crippen LogP contribution in [-0.2, 0) is 6.42 Å². The molecule has 1 heterocycles. The molecule has 0 unspecified atom stereocenters. The highest BCUT2D eigenvalue weighted by Crippen LogP contribution is 2.28. The number of aromatic nitrogens is 1. The van der Waals surface area contributed by atoms with Crippen molar-refractivity contribution < 1.29 is 9.59 Å². The summed E-state index contributed by atoms with van der Waals surface area (Å²) >= 11 is 0. The van der Waals surface area contributed by atoms with E-state index in [-0.39, 0.29) is 5.78 Å². The zero-order chi connectivity index (χ0) is 14.3. The number of Topliss-reactive ketones (excluding diaryl/α,β-unsaturated/α-hetero) is 1. The molecule has 0 atom stereocenters. The monoisotopic (exact) mass is 268 g/mol. The van der Waals surface area contributed by atoms with E-state index in [2.05, 4.69) is 4.57 Å². The molecule has 0 saturated carbocycles. The van der Waals surface area contributed by atoms with Gasteiger partial charge in [-0.05, 0) is 44.0 Å². The zero-order valence-electron chi connectivity index (χ0n) is 11.3. The van der Waals surface area contributed by atoms with Crippen LogP contribution in [0.4, 0.5) is 0 Å². The number of nitrogens with zero attached hydrogens (tertiary/aromatic N) is 1. The summed E-state index contributed by atoms with van der Waals surface area (Å²) in [6, 6.07) is 9.15. The van der Waals surface area contributed by atoms with Crippen molar-refractivity contribution >= 4 is 11.7 Å². The minimum absolute atomic E-state index is 0.208. The van der Waals surface area contributed by atoms with Crippen molar-refractivity contribution in [3.05, 3.63) is 52.8 Å². The molecule has 0 aliphatic heterocycles. The molecule has 0 spiro atoms. The maximum absolute atomic E-state index is 12.0. The standard InChI is InChI=1S/C16H16N2O2/c1-10-8-13-14(6-3-7-15(13)19)18(10)12-5-2-4-11(9-12)16(17)20/h2,4-5,8-9H,3,6-7H2,1H3,(H2,17,20). The molecule has 3 rings (SSSR count). The van der Waals surface area contributed by atoms with Crippen LogP contribution in [-0.4, -0.2) is 16.3 Å². The minimum Gasteiger partial charge on any atom is -0.366 e. The van der Waals surface area contributed by atoms with Crippen LogP contribution in [0.2, 0.25) is 0 Å². The average molecular weight is 268 g/mol. The van der Waals surface area contributed by atoms with Gasteiger partial charge < -0.3 is 10.3 Å². The lowest BCUT2D eigenvalue weighted by molar-refractivity contribution is 0.0969. The molecule has 4 nitrogen and oxygen atoms in total. The van der Waals surface area contributed by atoms with E-state index in [1.54, 1.807) is 12.1 Å². The molecule has 102 valence electrons. The molecule has 20 heavy (non-hydrogen) atoms. The van der Waals surface area contributed by atoms with Gasteiger partial charge in [0.05, 0.1) is 0 Å². The molecule has 2 aromatic rings. The first-order chi connectivity index (χ1) is 9.58. The Balaban J connectivity index is 2.18. The summed E-state index contributed by atoms with van der Waals surface area (Å²) in [4.78, 5) is 23.3. The molecule has 0 radical (unpaired) electrons. The summed E-state index contributed by atoms with van der Waals surface area (Å²) in [5.41, 5.74) is 9.56. The highest BCUT2D eigenvalue weighted by Gasteiger charge is 2.23. The molecule has 0 fully saturated rings. The Morgan fingerprint density at radius 2 is 2.05 bits per heavy atom. The third kappa shape index (κ3) is 1.93. The van der Waals surface area contributed by atoms with Crippen LogP contribution in [0.25, 0.3) is 5.69 Å². The van der Waals surface area contributed by atoms with Gasteiger partial charge in [0.15, 0.2) is 5.78 Å². The smallest absolute Gasteiger partial charge is 0.248 e. The third-order valence-electron chi connectivity index (χ3n) is 3.79. The predicted octanol–water partition coefficient (Wildman–Crippen LogP) is 2.40. The summed E-state index contributed by atoms with van der Waals surface area (Å²) in [5.74, 6) is -0.235. The molecule has 1 aliphatic carbocycles. The lowest BCUT2D eigenvalue weighted by Gasteiger charge is -2.16. The molecular weight excluding hydrogens is 252 g/mol. The van der Waals surface area contributed by atoms with E-state index in [4.69, 9.17) is 5.73 Å². The third-order valence-corrected chi connectivity index (χ3v) is 3.79. The Bertz CT molecular complexity index is 713. The number of nitrogens with two attached hydrogens (primary N) is 1. The fraction of sp³-hybridized carbons (Fsp3) is 0.250. The Labute approximate surface area is 117 Å². The van der Waals surface area contributed by atoms with E-state index in [0.717, 1.165) is 35.5 Å². The number of fused-ring (bicyclic) bond motifs is 1. The van der Waals surface area contributed by atoms with Gasteiger partial charge in [0.2, 0.25) is 5.91 Å². The second-order valence-electron chi connectivity index (χ2n) is 5.17. The number of amides is 1. The Hall–Kier alpha value is -2.36. The van der Waals surface area contributed by atoms with Crippen molar-refractivity contribution in [1.82, 2.24) is 4.57 Å². The van der Waals surface area contributed by atoms with E-state index >= 15 is 0 Å². The number of hydrogen-bond donors (Lipinski definition) is 1. The fourth-order valence-electron chi connectivity index (χ4n) is 2.89. The van der Waals surface area contributed by atoms with Crippen molar-refractivity contribution in [2.45, 2.75) is 26.2 Å². The molecule has 2 N–H and O–H groups in total. The average Bonchev–Trinajstić information content (AvgIpc) is 2.77. The maximum atomic E-state index is 12.0. The van der Waals surface area contributed by atoms with Gasteiger partial charge in [-0.3, -0.25) is 9.59 Å². The molecule has 1 aromatic carbocycles. The van der Waals surface area contributed by atoms with Gasteiger partial charge in [-0.2, -0.15) is 0 Å². The summed E-state index contributed by atoms with van der Waals surface area (Å²) in [6.07, 6.45) is 2.39. The molecule has 1 amide bonds. The Kier molecular flexibility index (Phi) is 2.93. The van der Waals surface area contributed by atoms with Crippen LogP contribution in [0.5, 0.6) is 0 Å². The van der Waals surface area contributed by atoms with Gasteiger partial charge >= 0.3 is 0 Å². The first-order valence-electron chi connectivity index (χ1n) is 6.72. The highest BCUT2D eigenvalue weighted by molar-refractivity contribution is 5.98. The number of hydrogen-bond acceptors (Lipinski definition) is 2.